The molecule has 1 aromatic rings. The molecule has 104 valence electrons. The van der Waals surface area contributed by atoms with Crippen molar-refractivity contribution in [3.8, 4) is 6.07 Å². The molecule has 20 heavy (non-hydrogen) atoms. The van der Waals surface area contributed by atoms with Crippen molar-refractivity contribution in [2.45, 2.75) is 38.6 Å². The summed E-state index contributed by atoms with van der Waals surface area (Å²) in [6.45, 7) is 2.15. The van der Waals surface area contributed by atoms with Gasteiger partial charge in [-0.15, -0.1) is 0 Å². The Bertz CT molecular complexity index is 530. The van der Waals surface area contributed by atoms with Crippen LogP contribution in [0.4, 0.5) is 0 Å². The average Bonchev–Trinajstić information content (AvgIpc) is 2.48. The highest BCUT2D eigenvalue weighted by Gasteiger charge is 2.23. The first kappa shape index (κ1) is 14.3. The molecule has 0 aliphatic heterocycles. The number of carbonyl (C=O) groups is 1. The molecule has 1 N–H and O–H groups in total. The molecule has 1 heterocycles. The van der Waals surface area contributed by atoms with Gasteiger partial charge in [-0.05, 0) is 36.5 Å². The van der Waals surface area contributed by atoms with Crippen LogP contribution in [-0.4, -0.2) is 16.9 Å². The first-order valence-corrected chi connectivity index (χ1v) is 7.03. The number of hydrogen-bond acceptors (Lipinski definition) is 3. The molecule has 1 aliphatic rings. The molecule has 0 aromatic carbocycles. The number of carbonyl (C=O) groups excluding carboxylic acids is 1. The number of nitrogens with zero attached hydrogens (tertiary/aromatic N) is 2. The zero-order valence-electron chi connectivity index (χ0n) is 11.7. The monoisotopic (exact) mass is 269 g/mol. The second-order valence-corrected chi connectivity index (χ2v) is 5.30. The molecule has 4 heteroatoms. The summed E-state index contributed by atoms with van der Waals surface area (Å²) in [5, 5.41) is 12.1. The van der Waals surface area contributed by atoms with Gasteiger partial charge >= 0.3 is 0 Å². The Morgan fingerprint density at radius 2 is 2.30 bits per heavy atom. The van der Waals surface area contributed by atoms with Crippen LogP contribution in [0.15, 0.2) is 30.1 Å². The molecule has 1 saturated carbocycles. The minimum atomic E-state index is -0.282. The molecule has 0 saturated heterocycles. The summed E-state index contributed by atoms with van der Waals surface area (Å²) in [6, 6.07) is 5.76. The zero-order valence-corrected chi connectivity index (χ0v) is 11.7. The van der Waals surface area contributed by atoms with Gasteiger partial charge in [-0.2, -0.15) is 5.26 Å². The predicted molar refractivity (Wildman–Crippen MR) is 77.4 cm³/mol. The second kappa shape index (κ2) is 6.85. The van der Waals surface area contributed by atoms with E-state index in [0.29, 0.717) is 5.92 Å². The zero-order chi connectivity index (χ0) is 14.4. The highest BCUT2D eigenvalue weighted by Crippen LogP contribution is 2.24. The number of pyridine rings is 1. The van der Waals surface area contributed by atoms with Gasteiger partial charge in [0.1, 0.15) is 11.6 Å². The molecular formula is C16H19N3O. The first-order chi connectivity index (χ1) is 9.70. The quantitative estimate of drug-likeness (QED) is 0.677. The summed E-state index contributed by atoms with van der Waals surface area (Å²) in [6.07, 6.45) is 9.38. The molecule has 1 aromatic heterocycles. The third-order valence-corrected chi connectivity index (χ3v) is 3.79. The van der Waals surface area contributed by atoms with E-state index in [-0.39, 0.29) is 17.5 Å². The van der Waals surface area contributed by atoms with Crippen molar-refractivity contribution < 1.29 is 4.79 Å². The number of nitrogens with one attached hydrogen (secondary N) is 1. The Balaban J connectivity index is 2.06. The Morgan fingerprint density at radius 1 is 1.50 bits per heavy atom. The molecule has 1 fully saturated rings. The molecule has 1 aliphatic carbocycles. The Hall–Kier alpha value is -2.15. The van der Waals surface area contributed by atoms with Crippen LogP contribution in [0.25, 0.3) is 6.08 Å². The maximum Gasteiger partial charge on any atom is 0.262 e. The SMILES string of the molecule is C[C@@H]1CCCC[C@@H]1NC(=O)/C(C#N)=C/c1cccnc1. The average molecular weight is 269 g/mol. The van der Waals surface area contributed by atoms with Crippen LogP contribution in [0.2, 0.25) is 0 Å². The molecule has 4 nitrogen and oxygen atoms in total. The molecule has 0 unspecified atom stereocenters. The van der Waals surface area contributed by atoms with Crippen LogP contribution in [0.5, 0.6) is 0 Å². The van der Waals surface area contributed by atoms with Gasteiger partial charge in [0.05, 0.1) is 0 Å². The van der Waals surface area contributed by atoms with E-state index in [4.69, 9.17) is 5.26 Å². The van der Waals surface area contributed by atoms with Crippen molar-refractivity contribution in [2.75, 3.05) is 0 Å². The van der Waals surface area contributed by atoms with Crippen molar-refractivity contribution >= 4 is 12.0 Å². The molecule has 0 bridgehead atoms. The van der Waals surface area contributed by atoms with Crippen molar-refractivity contribution in [2.24, 2.45) is 5.92 Å². The standard InChI is InChI=1S/C16H19N3O/c1-12-5-2-3-7-15(12)19-16(20)14(10-17)9-13-6-4-8-18-11-13/h4,6,8-9,11-12,15H,2-3,5,7H2,1H3,(H,19,20)/b14-9+/t12-,15+/m1/s1. The van der Waals surface area contributed by atoms with E-state index >= 15 is 0 Å². The van der Waals surface area contributed by atoms with E-state index < -0.39 is 0 Å². The number of aromatic nitrogens is 1. The van der Waals surface area contributed by atoms with Gasteiger partial charge in [0.15, 0.2) is 0 Å². The third-order valence-electron chi connectivity index (χ3n) is 3.79. The van der Waals surface area contributed by atoms with E-state index in [9.17, 15) is 4.79 Å². The summed E-state index contributed by atoms with van der Waals surface area (Å²) in [4.78, 5) is 16.1. The Labute approximate surface area is 119 Å². The minimum Gasteiger partial charge on any atom is -0.348 e. The minimum absolute atomic E-state index is 0.135. The predicted octanol–water partition coefficient (Wildman–Crippen LogP) is 2.68. The van der Waals surface area contributed by atoms with Crippen LogP contribution in [0.3, 0.4) is 0 Å². The van der Waals surface area contributed by atoms with Gasteiger partial charge < -0.3 is 5.32 Å². The maximum absolute atomic E-state index is 12.2. The highest BCUT2D eigenvalue weighted by molar-refractivity contribution is 6.01. The third kappa shape index (κ3) is 3.67. The van der Waals surface area contributed by atoms with Crippen LogP contribution < -0.4 is 5.32 Å². The van der Waals surface area contributed by atoms with E-state index in [1.165, 1.54) is 6.42 Å². The largest absolute Gasteiger partial charge is 0.348 e. The molecule has 0 spiro atoms. The number of rotatable bonds is 3. The van der Waals surface area contributed by atoms with E-state index in [1.54, 1.807) is 24.5 Å². The molecule has 2 atom stereocenters. The van der Waals surface area contributed by atoms with Crippen LogP contribution in [-0.2, 0) is 4.79 Å². The molecule has 2 rings (SSSR count). The number of amides is 1. The summed E-state index contributed by atoms with van der Waals surface area (Å²) >= 11 is 0. The molecular weight excluding hydrogens is 250 g/mol. The highest BCUT2D eigenvalue weighted by atomic mass is 16.1. The van der Waals surface area contributed by atoms with E-state index in [0.717, 1.165) is 24.8 Å². The second-order valence-electron chi connectivity index (χ2n) is 5.30. The normalized spacial score (nSPS) is 22.9. The lowest BCUT2D eigenvalue weighted by Crippen LogP contribution is -2.41. The maximum atomic E-state index is 12.2. The number of nitriles is 1. The van der Waals surface area contributed by atoms with Crippen molar-refractivity contribution in [1.82, 2.24) is 10.3 Å². The fraction of sp³-hybridized carbons (Fsp3) is 0.438. The van der Waals surface area contributed by atoms with Crippen LogP contribution in [0.1, 0.15) is 38.2 Å². The topological polar surface area (TPSA) is 65.8 Å². The fourth-order valence-corrected chi connectivity index (χ4v) is 2.55. The summed E-state index contributed by atoms with van der Waals surface area (Å²) in [7, 11) is 0. The lowest BCUT2D eigenvalue weighted by atomic mass is 9.86. The van der Waals surface area contributed by atoms with Gasteiger partial charge in [-0.1, -0.05) is 25.8 Å². The molecule has 1 amide bonds. The van der Waals surface area contributed by atoms with Gasteiger partial charge in [0, 0.05) is 18.4 Å². The lowest BCUT2D eigenvalue weighted by Gasteiger charge is -2.29. The van der Waals surface area contributed by atoms with Crippen molar-refractivity contribution in [3.63, 3.8) is 0 Å². The Kier molecular flexibility index (Phi) is 4.89. The van der Waals surface area contributed by atoms with Crippen molar-refractivity contribution in [1.29, 1.82) is 5.26 Å². The smallest absolute Gasteiger partial charge is 0.262 e. The van der Waals surface area contributed by atoms with Gasteiger partial charge in [-0.3, -0.25) is 9.78 Å². The lowest BCUT2D eigenvalue weighted by molar-refractivity contribution is -0.118. The first-order valence-electron chi connectivity index (χ1n) is 7.03. The van der Waals surface area contributed by atoms with Gasteiger partial charge in [0.2, 0.25) is 0 Å². The van der Waals surface area contributed by atoms with E-state index in [2.05, 4.69) is 17.2 Å². The fourth-order valence-electron chi connectivity index (χ4n) is 2.55. The summed E-state index contributed by atoms with van der Waals surface area (Å²) in [5.74, 6) is 0.195. The number of hydrogen-bond donors (Lipinski definition) is 1. The Morgan fingerprint density at radius 3 is 2.95 bits per heavy atom. The summed E-state index contributed by atoms with van der Waals surface area (Å²) < 4.78 is 0. The summed E-state index contributed by atoms with van der Waals surface area (Å²) in [5.41, 5.74) is 0.895. The van der Waals surface area contributed by atoms with Crippen molar-refractivity contribution in [3.05, 3.63) is 35.7 Å². The van der Waals surface area contributed by atoms with Gasteiger partial charge in [-0.25, -0.2) is 0 Å². The van der Waals surface area contributed by atoms with E-state index in [1.807, 2.05) is 12.1 Å². The molecule has 0 radical (unpaired) electrons. The van der Waals surface area contributed by atoms with Crippen LogP contribution >= 0.6 is 0 Å². The van der Waals surface area contributed by atoms with Crippen LogP contribution in [0, 0.1) is 17.2 Å². The van der Waals surface area contributed by atoms with Gasteiger partial charge in [0.25, 0.3) is 5.91 Å².